The van der Waals surface area contributed by atoms with E-state index < -0.39 is 0 Å². The van der Waals surface area contributed by atoms with E-state index >= 15 is 0 Å². The highest BCUT2D eigenvalue weighted by molar-refractivity contribution is 8.06. The summed E-state index contributed by atoms with van der Waals surface area (Å²) in [6.45, 7) is 20.1. The lowest BCUT2D eigenvalue weighted by molar-refractivity contribution is 1.33. The first-order valence-electron chi connectivity index (χ1n) is 6.78. The molecule has 0 spiro atoms. The smallest absolute Gasteiger partial charge is 0.0479 e. The van der Waals surface area contributed by atoms with Crippen molar-refractivity contribution in [2.75, 3.05) is 51.3 Å². The maximum absolute atomic E-state index is 2.57. The van der Waals surface area contributed by atoms with Crippen LogP contribution in [-0.4, -0.2) is 55.7 Å². The zero-order valence-corrected chi connectivity index (χ0v) is 16.7. The van der Waals surface area contributed by atoms with E-state index in [-0.39, 0.29) is 31.7 Å². The first kappa shape index (κ1) is 18.7. The van der Waals surface area contributed by atoms with Crippen molar-refractivity contribution in [1.29, 1.82) is 0 Å². The van der Waals surface area contributed by atoms with E-state index in [4.69, 9.17) is 0 Å². The quantitative estimate of drug-likeness (QED) is 0.473. The van der Waals surface area contributed by atoms with Crippen molar-refractivity contribution in [2.45, 2.75) is 32.1 Å². The van der Waals surface area contributed by atoms with Crippen LogP contribution in [0.4, 0.5) is 0 Å². The Bertz CT molecular complexity index is 174. The Kier molecular flexibility index (Phi) is 9.70. The summed E-state index contributed by atoms with van der Waals surface area (Å²) in [4.78, 5) is 0. The molecule has 0 amide bonds. The fourth-order valence-electron chi connectivity index (χ4n) is 3.03. The predicted molar refractivity (Wildman–Crippen MR) is 96.3 cm³/mol. The molecule has 0 radical (unpaired) electrons. The average molecular weight is 312 g/mol. The van der Waals surface area contributed by atoms with Gasteiger partial charge in [-0.1, -0.05) is 59.4 Å². The molecule has 0 N–H and O–H groups in total. The third-order valence-corrected chi connectivity index (χ3v) is 23.0. The molecular weight excluding hydrogens is 280 g/mol. The summed E-state index contributed by atoms with van der Waals surface area (Å²) in [5, 5.41) is 0. The number of hydrogen-bond donors (Lipinski definition) is 0. The highest BCUT2D eigenvalue weighted by Crippen LogP contribution is 2.87. The van der Waals surface area contributed by atoms with Crippen molar-refractivity contribution in [3.05, 3.63) is 0 Å². The van der Waals surface area contributed by atoms with Gasteiger partial charge in [-0.3, -0.25) is 0 Å². The van der Waals surface area contributed by atoms with Crippen molar-refractivity contribution in [3.63, 3.8) is 0 Å². The molecule has 0 unspecified atom stereocenters. The summed E-state index contributed by atoms with van der Waals surface area (Å²) < 4.78 is 0.794. The zero-order valence-electron chi connectivity index (χ0n) is 13.1. The van der Waals surface area contributed by atoms with E-state index in [2.05, 4.69) is 54.4 Å². The van der Waals surface area contributed by atoms with E-state index in [1.165, 1.54) is 24.6 Å². The van der Waals surface area contributed by atoms with Gasteiger partial charge in [0.25, 0.3) is 0 Å². The second kappa shape index (κ2) is 8.80. The molecule has 0 aliphatic rings. The summed E-state index contributed by atoms with van der Waals surface area (Å²) in [5.74, 6) is 0. The zero-order chi connectivity index (χ0) is 13.6. The standard InChI is InChI=1S/C13H32P4/c1-9-16(10-2)13(14(5)6,15(7)8)17(11-3)12-4/h9-12H2,1-8H3. The molecular formula is C13H32P4. The minimum absolute atomic E-state index is 0.197. The molecule has 4 heteroatoms. The van der Waals surface area contributed by atoms with Gasteiger partial charge in [-0.15, -0.1) is 0 Å². The molecule has 0 aromatic heterocycles. The number of rotatable bonds is 8. The Hall–Kier alpha value is 1.72. The fraction of sp³-hybridized carbons (Fsp3) is 1.00. The van der Waals surface area contributed by atoms with Crippen molar-refractivity contribution >= 4 is 31.7 Å². The Morgan fingerprint density at radius 1 is 0.588 bits per heavy atom. The van der Waals surface area contributed by atoms with Crippen LogP contribution in [0.1, 0.15) is 27.7 Å². The highest BCUT2D eigenvalue weighted by atomic mass is 31.3. The highest BCUT2D eigenvalue weighted by Gasteiger charge is 2.46. The third kappa shape index (κ3) is 3.85. The summed E-state index contributed by atoms with van der Waals surface area (Å²) in [5.41, 5.74) is 0. The molecule has 17 heavy (non-hydrogen) atoms. The lowest BCUT2D eigenvalue weighted by Crippen LogP contribution is -2.23. The Balaban J connectivity index is 5.56. The molecule has 0 nitrogen and oxygen atoms in total. The second-order valence-corrected chi connectivity index (χ2v) is 17.8. The van der Waals surface area contributed by atoms with Gasteiger partial charge < -0.3 is 0 Å². The summed E-state index contributed by atoms with van der Waals surface area (Å²) >= 11 is 0. The van der Waals surface area contributed by atoms with Crippen LogP contribution >= 0.6 is 31.7 Å². The summed E-state index contributed by atoms with van der Waals surface area (Å²) in [6.07, 6.45) is 5.80. The Morgan fingerprint density at radius 2 is 0.824 bits per heavy atom. The second-order valence-electron chi connectivity index (χ2n) is 4.73. The van der Waals surface area contributed by atoms with Crippen molar-refractivity contribution < 1.29 is 0 Å². The van der Waals surface area contributed by atoms with E-state index in [0.29, 0.717) is 0 Å². The summed E-state index contributed by atoms with van der Waals surface area (Å²) in [7, 11) is 0.899. The maximum atomic E-state index is 2.57. The minimum Gasteiger partial charge on any atom is -0.0931 e. The molecule has 0 fully saturated rings. The first-order chi connectivity index (χ1) is 7.93. The molecule has 0 saturated heterocycles. The van der Waals surface area contributed by atoms with Crippen molar-refractivity contribution in [2.24, 2.45) is 0 Å². The van der Waals surface area contributed by atoms with Gasteiger partial charge in [-0.25, -0.2) is 0 Å². The van der Waals surface area contributed by atoms with Crippen molar-refractivity contribution in [3.8, 4) is 0 Å². The largest absolute Gasteiger partial charge is 0.0931 e. The topological polar surface area (TPSA) is 0 Å². The number of hydrogen-bond acceptors (Lipinski definition) is 0. The van der Waals surface area contributed by atoms with Gasteiger partial charge in [0.1, 0.15) is 0 Å². The molecule has 0 bridgehead atoms. The van der Waals surface area contributed by atoms with Crippen LogP contribution in [-0.2, 0) is 0 Å². The van der Waals surface area contributed by atoms with Gasteiger partial charge in [-0.2, -0.15) is 0 Å². The van der Waals surface area contributed by atoms with Gasteiger partial charge in [0.2, 0.25) is 0 Å². The van der Waals surface area contributed by atoms with Gasteiger partial charge >= 0.3 is 0 Å². The van der Waals surface area contributed by atoms with Crippen LogP contribution in [0.2, 0.25) is 0 Å². The van der Waals surface area contributed by atoms with Crippen LogP contribution < -0.4 is 0 Å². The molecule has 0 aromatic carbocycles. The Morgan fingerprint density at radius 3 is 0.941 bits per heavy atom. The molecule has 0 aliphatic carbocycles. The van der Waals surface area contributed by atoms with Gasteiger partial charge in [0.05, 0.1) is 0 Å². The lowest BCUT2D eigenvalue weighted by Gasteiger charge is -2.53. The van der Waals surface area contributed by atoms with Gasteiger partial charge in [0.15, 0.2) is 0 Å². The van der Waals surface area contributed by atoms with Crippen LogP contribution in [0.5, 0.6) is 0 Å². The molecule has 0 aliphatic heterocycles. The van der Waals surface area contributed by atoms with Gasteiger partial charge in [-0.05, 0) is 51.3 Å². The molecule has 0 rings (SSSR count). The fourth-order valence-corrected chi connectivity index (χ4v) is 24.6. The van der Waals surface area contributed by atoms with E-state index in [1.54, 1.807) is 0 Å². The third-order valence-electron chi connectivity index (χ3n) is 3.58. The SMILES string of the molecule is CCP(CC)C(P(C)C)(P(C)C)P(CC)CC. The lowest BCUT2D eigenvalue weighted by atomic mass is 11.0. The molecule has 104 valence electrons. The molecule has 0 saturated carbocycles. The maximum Gasteiger partial charge on any atom is 0.0479 e. The van der Waals surface area contributed by atoms with Crippen LogP contribution in [0.15, 0.2) is 0 Å². The van der Waals surface area contributed by atoms with E-state index in [1.807, 2.05) is 0 Å². The Labute approximate surface area is 115 Å². The van der Waals surface area contributed by atoms with Gasteiger partial charge in [0, 0.05) is 4.38 Å². The van der Waals surface area contributed by atoms with Crippen LogP contribution in [0.25, 0.3) is 0 Å². The van der Waals surface area contributed by atoms with Crippen molar-refractivity contribution in [1.82, 2.24) is 0 Å². The monoisotopic (exact) mass is 312 g/mol. The minimum atomic E-state index is 0.197. The molecule has 0 atom stereocenters. The summed E-state index contributed by atoms with van der Waals surface area (Å²) in [6, 6.07) is 0. The van der Waals surface area contributed by atoms with Crippen LogP contribution in [0, 0.1) is 0 Å². The van der Waals surface area contributed by atoms with Crippen LogP contribution in [0.3, 0.4) is 0 Å². The van der Waals surface area contributed by atoms with E-state index in [9.17, 15) is 0 Å². The normalized spacial score (nSPS) is 13.4. The van der Waals surface area contributed by atoms with E-state index in [0.717, 1.165) is 4.38 Å². The molecule has 0 aromatic rings. The first-order valence-corrected chi connectivity index (χ1v) is 14.7. The predicted octanol–water partition coefficient (Wildman–Crippen LogP) is 6.12. The average Bonchev–Trinajstić information content (AvgIpc) is 2.28. The molecule has 0 heterocycles.